The van der Waals surface area contributed by atoms with E-state index < -0.39 is 34.3 Å². The van der Waals surface area contributed by atoms with Crippen molar-refractivity contribution in [2.75, 3.05) is 10.8 Å². The highest BCUT2D eigenvalue weighted by atomic mass is 32.2. The predicted molar refractivity (Wildman–Crippen MR) is 154 cm³/mol. The van der Waals surface area contributed by atoms with Gasteiger partial charge >= 0.3 is 0 Å². The molecule has 7 nitrogen and oxygen atoms in total. The van der Waals surface area contributed by atoms with Crippen molar-refractivity contribution in [1.29, 1.82) is 0 Å². The van der Waals surface area contributed by atoms with Gasteiger partial charge in [0.25, 0.3) is 10.0 Å². The summed E-state index contributed by atoms with van der Waals surface area (Å²) in [5.41, 5.74) is 1.57. The topological polar surface area (TPSA) is 86.8 Å². The number of rotatable bonds is 11. The molecule has 1 fully saturated rings. The monoisotopic (exact) mass is 565 g/mol. The summed E-state index contributed by atoms with van der Waals surface area (Å²) in [6.07, 6.45) is 4.21. The molecule has 0 aromatic heterocycles. The van der Waals surface area contributed by atoms with Crippen molar-refractivity contribution < 1.29 is 22.4 Å². The van der Waals surface area contributed by atoms with Crippen LogP contribution in [0.4, 0.5) is 10.1 Å². The van der Waals surface area contributed by atoms with Crippen molar-refractivity contribution in [2.45, 2.75) is 69.5 Å². The number of aryl methyl sites for hydroxylation is 1. The number of carbonyl (C=O) groups is 2. The summed E-state index contributed by atoms with van der Waals surface area (Å²) < 4.78 is 43.3. The molecule has 1 aliphatic rings. The highest BCUT2D eigenvalue weighted by Gasteiger charge is 2.35. The molecule has 1 saturated carbocycles. The largest absolute Gasteiger partial charge is 0.352 e. The fourth-order valence-corrected chi connectivity index (χ4v) is 6.62. The molecule has 1 atom stereocenters. The Morgan fingerprint density at radius 1 is 0.975 bits per heavy atom. The third kappa shape index (κ3) is 6.88. The second-order valence-electron chi connectivity index (χ2n) is 10.2. The van der Waals surface area contributed by atoms with E-state index in [0.29, 0.717) is 6.42 Å². The van der Waals surface area contributed by atoms with E-state index in [4.69, 9.17) is 0 Å². The molecule has 0 radical (unpaired) electrons. The van der Waals surface area contributed by atoms with Gasteiger partial charge in [0.05, 0.1) is 10.6 Å². The van der Waals surface area contributed by atoms with E-state index in [2.05, 4.69) is 5.32 Å². The maximum absolute atomic E-state index is 15.0. The molecular formula is C31H36FN3O4S. The first-order valence-corrected chi connectivity index (χ1v) is 15.1. The van der Waals surface area contributed by atoms with Crippen LogP contribution in [0.15, 0.2) is 83.8 Å². The summed E-state index contributed by atoms with van der Waals surface area (Å²) in [4.78, 5) is 28.9. The Bertz CT molecular complexity index is 1430. The second kappa shape index (κ2) is 13.1. The van der Waals surface area contributed by atoms with Gasteiger partial charge in [0.2, 0.25) is 11.8 Å². The summed E-state index contributed by atoms with van der Waals surface area (Å²) in [6, 6.07) is 19.9. The highest BCUT2D eigenvalue weighted by molar-refractivity contribution is 7.92. The van der Waals surface area contributed by atoms with E-state index in [-0.39, 0.29) is 29.1 Å². The van der Waals surface area contributed by atoms with Crippen LogP contribution in [0.25, 0.3) is 0 Å². The van der Waals surface area contributed by atoms with Crippen LogP contribution in [0.1, 0.15) is 50.2 Å². The smallest absolute Gasteiger partial charge is 0.264 e. The SMILES string of the molecule is CC[C@H](C(=O)NC1CCCC1)N(Cc1cccc(C)c1)C(=O)CN(c1ccccc1F)S(=O)(=O)c1ccccc1. The molecule has 1 N–H and O–H groups in total. The van der Waals surface area contributed by atoms with Crippen molar-refractivity contribution >= 4 is 27.5 Å². The van der Waals surface area contributed by atoms with Gasteiger partial charge in [0, 0.05) is 12.6 Å². The summed E-state index contributed by atoms with van der Waals surface area (Å²) >= 11 is 0. The Labute approximate surface area is 236 Å². The molecule has 40 heavy (non-hydrogen) atoms. The molecule has 3 aromatic carbocycles. The summed E-state index contributed by atoms with van der Waals surface area (Å²) in [7, 11) is -4.31. The number of carbonyl (C=O) groups excluding carboxylic acids is 2. The number of halogens is 1. The van der Waals surface area contributed by atoms with Gasteiger partial charge in [0.15, 0.2) is 0 Å². The number of para-hydroxylation sites is 1. The zero-order valence-corrected chi connectivity index (χ0v) is 23.7. The molecule has 4 rings (SSSR count). The molecule has 9 heteroatoms. The van der Waals surface area contributed by atoms with Crippen molar-refractivity contribution in [1.82, 2.24) is 10.2 Å². The van der Waals surface area contributed by atoms with Crippen LogP contribution in [0.2, 0.25) is 0 Å². The van der Waals surface area contributed by atoms with E-state index in [1.165, 1.54) is 35.2 Å². The van der Waals surface area contributed by atoms with Gasteiger partial charge in [-0.3, -0.25) is 13.9 Å². The molecule has 0 spiro atoms. The van der Waals surface area contributed by atoms with Crippen LogP contribution in [0.3, 0.4) is 0 Å². The molecule has 3 aromatic rings. The number of hydrogen-bond donors (Lipinski definition) is 1. The summed E-state index contributed by atoms with van der Waals surface area (Å²) in [6.45, 7) is 3.20. The van der Waals surface area contributed by atoms with Gasteiger partial charge in [-0.15, -0.1) is 0 Å². The van der Waals surface area contributed by atoms with Gasteiger partial charge in [-0.25, -0.2) is 12.8 Å². The van der Waals surface area contributed by atoms with Crippen LogP contribution in [0, 0.1) is 12.7 Å². The Balaban J connectivity index is 1.72. The minimum atomic E-state index is -4.31. The summed E-state index contributed by atoms with van der Waals surface area (Å²) in [5, 5.41) is 3.09. The van der Waals surface area contributed by atoms with Crippen LogP contribution < -0.4 is 9.62 Å². The second-order valence-corrected chi connectivity index (χ2v) is 12.1. The fourth-order valence-electron chi connectivity index (χ4n) is 5.18. The van der Waals surface area contributed by atoms with Gasteiger partial charge in [-0.1, -0.05) is 79.9 Å². The number of nitrogens with one attached hydrogen (secondary N) is 1. The minimum Gasteiger partial charge on any atom is -0.352 e. The predicted octanol–water partition coefficient (Wildman–Crippen LogP) is 5.20. The lowest BCUT2D eigenvalue weighted by Crippen LogP contribution is -2.53. The lowest BCUT2D eigenvalue weighted by molar-refractivity contribution is -0.140. The molecule has 0 saturated heterocycles. The van der Waals surface area contributed by atoms with Crippen LogP contribution >= 0.6 is 0 Å². The normalized spacial score (nSPS) is 14.5. The standard InChI is InChI=1S/C31H36FN3O4S/c1-3-28(31(37)33-25-14-7-8-15-25)34(21-24-13-11-12-23(2)20-24)30(36)22-35(29-19-10-9-18-27(29)32)40(38,39)26-16-5-4-6-17-26/h4-6,9-13,16-20,25,28H,3,7-8,14-15,21-22H2,1-2H3,(H,33,37)/t28-/m1/s1. The van der Waals surface area contributed by atoms with Crippen LogP contribution in [-0.4, -0.2) is 43.8 Å². The first-order valence-electron chi connectivity index (χ1n) is 13.7. The minimum absolute atomic E-state index is 0.0610. The van der Waals surface area contributed by atoms with Gasteiger partial charge < -0.3 is 10.2 Å². The molecule has 2 amide bonds. The maximum atomic E-state index is 15.0. The van der Waals surface area contributed by atoms with Crippen LogP contribution in [0.5, 0.6) is 0 Å². The van der Waals surface area contributed by atoms with E-state index >= 15 is 4.39 Å². The van der Waals surface area contributed by atoms with Crippen LogP contribution in [-0.2, 0) is 26.2 Å². The average Bonchev–Trinajstić information content (AvgIpc) is 3.45. The third-order valence-corrected chi connectivity index (χ3v) is 9.03. The molecule has 0 aliphatic heterocycles. The first-order chi connectivity index (χ1) is 19.2. The number of anilines is 1. The van der Waals surface area contributed by atoms with Gasteiger partial charge in [-0.2, -0.15) is 0 Å². The molecule has 0 bridgehead atoms. The number of nitrogens with zero attached hydrogens (tertiary/aromatic N) is 2. The van der Waals surface area contributed by atoms with Crippen molar-refractivity contribution in [2.24, 2.45) is 0 Å². The van der Waals surface area contributed by atoms with E-state index in [9.17, 15) is 18.0 Å². The quantitative estimate of drug-likeness (QED) is 0.347. The highest BCUT2D eigenvalue weighted by Crippen LogP contribution is 2.27. The number of amides is 2. The Morgan fingerprint density at radius 3 is 2.30 bits per heavy atom. The van der Waals surface area contributed by atoms with Crippen molar-refractivity contribution in [3.63, 3.8) is 0 Å². The zero-order chi connectivity index (χ0) is 28.7. The Morgan fingerprint density at radius 2 is 1.65 bits per heavy atom. The Kier molecular flexibility index (Phi) is 9.58. The fraction of sp³-hybridized carbons (Fsp3) is 0.355. The van der Waals surface area contributed by atoms with E-state index in [1.54, 1.807) is 18.2 Å². The third-order valence-electron chi connectivity index (χ3n) is 7.25. The Hall–Kier alpha value is -3.72. The lowest BCUT2D eigenvalue weighted by Gasteiger charge is -2.34. The van der Waals surface area contributed by atoms with E-state index in [1.807, 2.05) is 38.1 Å². The van der Waals surface area contributed by atoms with E-state index in [0.717, 1.165) is 47.2 Å². The molecule has 0 heterocycles. The first kappa shape index (κ1) is 29.3. The zero-order valence-electron chi connectivity index (χ0n) is 22.9. The lowest BCUT2D eigenvalue weighted by atomic mass is 10.1. The number of benzene rings is 3. The molecule has 1 aliphatic carbocycles. The maximum Gasteiger partial charge on any atom is 0.264 e. The van der Waals surface area contributed by atoms with Gasteiger partial charge in [-0.05, 0) is 56.0 Å². The van der Waals surface area contributed by atoms with Crippen molar-refractivity contribution in [3.05, 3.63) is 95.8 Å². The molecule has 0 unspecified atom stereocenters. The molecular weight excluding hydrogens is 529 g/mol. The molecule has 212 valence electrons. The van der Waals surface area contributed by atoms with Gasteiger partial charge in [0.1, 0.15) is 18.4 Å². The number of hydrogen-bond acceptors (Lipinski definition) is 4. The average molecular weight is 566 g/mol. The summed E-state index contributed by atoms with van der Waals surface area (Å²) in [5.74, 6) is -1.64. The number of sulfonamides is 1. The van der Waals surface area contributed by atoms with Crippen molar-refractivity contribution in [3.8, 4) is 0 Å².